The first-order valence-corrected chi connectivity index (χ1v) is 8.52. The molecule has 0 amide bonds. The van der Waals surface area contributed by atoms with Gasteiger partial charge in [-0.3, -0.25) is 0 Å². The molecule has 0 fully saturated rings. The Morgan fingerprint density at radius 3 is 2.48 bits per heavy atom. The van der Waals surface area contributed by atoms with Crippen molar-refractivity contribution in [3.63, 3.8) is 0 Å². The summed E-state index contributed by atoms with van der Waals surface area (Å²) in [6.07, 6.45) is 0. The zero-order valence-electron chi connectivity index (χ0n) is 14.2. The van der Waals surface area contributed by atoms with Crippen molar-refractivity contribution in [2.75, 3.05) is 13.2 Å². The molecule has 0 unspecified atom stereocenters. The molecule has 0 atom stereocenters. The highest BCUT2D eigenvalue weighted by atomic mass is 16.3. The van der Waals surface area contributed by atoms with Gasteiger partial charge in [0, 0.05) is 28.4 Å². The number of aromatic amines is 1. The lowest BCUT2D eigenvalue weighted by atomic mass is 10.0. The number of hydrogen-bond donors (Lipinski definition) is 4. The predicted octanol–water partition coefficient (Wildman–Crippen LogP) is 3.31. The molecule has 0 aliphatic carbocycles. The molecule has 4 nitrogen and oxygen atoms in total. The Bertz CT molecular complexity index is 1050. The van der Waals surface area contributed by atoms with Crippen LogP contribution in [-0.2, 0) is 6.54 Å². The predicted molar refractivity (Wildman–Crippen MR) is 103 cm³/mol. The van der Waals surface area contributed by atoms with E-state index in [-0.39, 0.29) is 13.2 Å². The molecule has 4 heteroatoms. The number of fused-ring (bicyclic) bond motifs is 5. The average molecular weight is 334 g/mol. The van der Waals surface area contributed by atoms with Gasteiger partial charge in [0.2, 0.25) is 0 Å². The number of H-pyrrole nitrogens is 1. The summed E-state index contributed by atoms with van der Waals surface area (Å²) < 4.78 is 0. The van der Waals surface area contributed by atoms with E-state index in [1.807, 2.05) is 6.92 Å². The van der Waals surface area contributed by atoms with Crippen molar-refractivity contribution in [3.8, 4) is 0 Å². The van der Waals surface area contributed by atoms with Gasteiger partial charge in [-0.25, -0.2) is 0 Å². The van der Waals surface area contributed by atoms with Crippen LogP contribution in [0.4, 0.5) is 0 Å². The minimum absolute atomic E-state index is 0.108. The van der Waals surface area contributed by atoms with Crippen LogP contribution in [0.15, 0.2) is 54.6 Å². The Hall–Kier alpha value is -2.40. The third-order valence-corrected chi connectivity index (χ3v) is 4.97. The van der Waals surface area contributed by atoms with E-state index in [1.54, 1.807) is 0 Å². The van der Waals surface area contributed by atoms with Crippen LogP contribution in [0.1, 0.15) is 12.5 Å². The van der Waals surface area contributed by atoms with E-state index in [2.05, 4.69) is 64.9 Å². The lowest BCUT2D eigenvalue weighted by Gasteiger charge is -2.26. The quantitative estimate of drug-likeness (QED) is 0.453. The molecule has 4 N–H and O–H groups in total. The third kappa shape index (κ3) is 2.78. The molecule has 4 aromatic rings. The van der Waals surface area contributed by atoms with Gasteiger partial charge in [0.25, 0.3) is 0 Å². The van der Waals surface area contributed by atoms with Crippen LogP contribution in [0.5, 0.6) is 0 Å². The van der Waals surface area contributed by atoms with Gasteiger partial charge in [-0.15, -0.1) is 0 Å². The van der Waals surface area contributed by atoms with E-state index in [0.717, 1.165) is 16.6 Å². The molecule has 1 aromatic heterocycles. The first-order chi connectivity index (χ1) is 12.1. The summed E-state index contributed by atoms with van der Waals surface area (Å²) in [6.45, 7) is 2.18. The van der Waals surface area contributed by atoms with Crippen molar-refractivity contribution in [3.05, 3.63) is 60.2 Å². The van der Waals surface area contributed by atoms with Crippen molar-refractivity contribution in [2.24, 2.45) is 0 Å². The molecule has 0 radical (unpaired) electrons. The second-order valence-corrected chi connectivity index (χ2v) is 6.94. The number of hydrogen-bond acceptors (Lipinski definition) is 3. The zero-order valence-corrected chi connectivity index (χ0v) is 14.2. The van der Waals surface area contributed by atoms with E-state index in [0.29, 0.717) is 6.54 Å². The Morgan fingerprint density at radius 1 is 0.920 bits per heavy atom. The highest BCUT2D eigenvalue weighted by Crippen LogP contribution is 2.32. The Kier molecular flexibility index (Phi) is 3.96. The minimum atomic E-state index is -0.679. The van der Waals surface area contributed by atoms with Gasteiger partial charge in [-0.1, -0.05) is 36.4 Å². The molecule has 25 heavy (non-hydrogen) atoms. The van der Waals surface area contributed by atoms with Gasteiger partial charge in [0.05, 0.1) is 18.8 Å². The molecule has 3 aromatic carbocycles. The molecule has 4 rings (SSSR count). The number of aromatic nitrogens is 1. The van der Waals surface area contributed by atoms with E-state index in [9.17, 15) is 10.2 Å². The Morgan fingerprint density at radius 2 is 1.68 bits per heavy atom. The number of benzene rings is 3. The third-order valence-electron chi connectivity index (χ3n) is 4.97. The molecule has 0 aliphatic rings. The van der Waals surface area contributed by atoms with Gasteiger partial charge in [-0.05, 0) is 41.5 Å². The summed E-state index contributed by atoms with van der Waals surface area (Å²) in [5.41, 5.74) is 2.69. The van der Waals surface area contributed by atoms with E-state index in [4.69, 9.17) is 0 Å². The summed E-state index contributed by atoms with van der Waals surface area (Å²) in [5.74, 6) is 0. The second kappa shape index (κ2) is 6.15. The van der Waals surface area contributed by atoms with E-state index in [1.165, 1.54) is 21.5 Å². The van der Waals surface area contributed by atoms with Crippen LogP contribution in [0.3, 0.4) is 0 Å². The second-order valence-electron chi connectivity index (χ2n) is 6.94. The fraction of sp³-hybridized carbons (Fsp3) is 0.238. The fourth-order valence-electron chi connectivity index (χ4n) is 3.31. The number of aliphatic hydroxyl groups is 2. The molecule has 1 heterocycles. The minimum Gasteiger partial charge on any atom is -0.394 e. The molecule has 0 aliphatic heterocycles. The van der Waals surface area contributed by atoms with Crippen molar-refractivity contribution in [1.82, 2.24) is 10.3 Å². The normalized spacial score (nSPS) is 12.4. The van der Waals surface area contributed by atoms with Gasteiger partial charge < -0.3 is 20.5 Å². The van der Waals surface area contributed by atoms with E-state index < -0.39 is 5.54 Å². The Labute approximate surface area is 146 Å². The lowest BCUT2D eigenvalue weighted by Crippen LogP contribution is -2.48. The zero-order chi connectivity index (χ0) is 17.4. The smallest absolute Gasteiger partial charge is 0.0633 e. The molecule has 0 spiro atoms. The molecule has 0 saturated carbocycles. The maximum absolute atomic E-state index is 9.43. The van der Waals surface area contributed by atoms with Gasteiger partial charge in [-0.2, -0.15) is 0 Å². The molecule has 128 valence electrons. The lowest BCUT2D eigenvalue weighted by molar-refractivity contribution is 0.103. The number of nitrogens with one attached hydrogen (secondary N) is 2. The highest BCUT2D eigenvalue weighted by molar-refractivity contribution is 6.20. The number of aliphatic hydroxyl groups excluding tert-OH is 2. The first kappa shape index (κ1) is 16.1. The van der Waals surface area contributed by atoms with Crippen molar-refractivity contribution in [2.45, 2.75) is 19.0 Å². The standard InChI is InChI=1S/C21H22N2O2/c1-21(12-24,13-25)22-11-14-6-8-18-17(10-14)20-16-5-3-2-4-15(16)7-9-19(20)23-18/h2-10,22-25H,11-13H2,1H3. The topological polar surface area (TPSA) is 68.3 Å². The summed E-state index contributed by atoms with van der Waals surface area (Å²) >= 11 is 0. The summed E-state index contributed by atoms with van der Waals surface area (Å²) in [5, 5.41) is 27.0. The first-order valence-electron chi connectivity index (χ1n) is 8.52. The largest absolute Gasteiger partial charge is 0.394 e. The van der Waals surface area contributed by atoms with Crippen molar-refractivity contribution >= 4 is 32.6 Å². The Balaban J connectivity index is 1.81. The van der Waals surface area contributed by atoms with Gasteiger partial charge in [0.1, 0.15) is 0 Å². The molecule has 0 bridgehead atoms. The van der Waals surface area contributed by atoms with Crippen LogP contribution < -0.4 is 5.32 Å². The summed E-state index contributed by atoms with van der Waals surface area (Å²) in [7, 11) is 0. The maximum Gasteiger partial charge on any atom is 0.0633 e. The number of rotatable bonds is 5. The molecular formula is C21H22N2O2. The van der Waals surface area contributed by atoms with Crippen LogP contribution in [-0.4, -0.2) is 33.9 Å². The van der Waals surface area contributed by atoms with Crippen molar-refractivity contribution < 1.29 is 10.2 Å². The van der Waals surface area contributed by atoms with Gasteiger partial charge >= 0.3 is 0 Å². The highest BCUT2D eigenvalue weighted by Gasteiger charge is 2.21. The van der Waals surface area contributed by atoms with Crippen molar-refractivity contribution in [1.29, 1.82) is 0 Å². The van der Waals surface area contributed by atoms with Crippen LogP contribution >= 0.6 is 0 Å². The maximum atomic E-state index is 9.43. The fourth-order valence-corrected chi connectivity index (χ4v) is 3.31. The van der Waals surface area contributed by atoms with Crippen LogP contribution in [0.25, 0.3) is 32.6 Å². The average Bonchev–Trinajstić information content (AvgIpc) is 3.04. The van der Waals surface area contributed by atoms with E-state index >= 15 is 0 Å². The summed E-state index contributed by atoms with van der Waals surface area (Å²) in [4.78, 5) is 3.49. The SMILES string of the molecule is CC(CO)(CO)NCc1ccc2[nH]c3ccc4ccccc4c3c2c1. The van der Waals surface area contributed by atoms with Gasteiger partial charge in [0.15, 0.2) is 0 Å². The molecule has 0 saturated heterocycles. The monoisotopic (exact) mass is 334 g/mol. The summed E-state index contributed by atoms with van der Waals surface area (Å²) in [6, 6.07) is 19.0. The molecular weight excluding hydrogens is 312 g/mol. The van der Waals surface area contributed by atoms with Crippen LogP contribution in [0, 0.1) is 0 Å². The van der Waals surface area contributed by atoms with Crippen LogP contribution in [0.2, 0.25) is 0 Å².